The molecule has 1 saturated heterocycles. The van der Waals surface area contributed by atoms with Gasteiger partial charge in [-0.15, -0.1) is 11.3 Å². The minimum atomic E-state index is -0.179. The molecule has 0 aliphatic carbocycles. The Labute approximate surface area is 203 Å². The number of aromatic amines is 1. The van der Waals surface area contributed by atoms with Crippen molar-refractivity contribution in [3.8, 4) is 10.4 Å². The number of amides is 1. The smallest absolute Gasteiger partial charge is 0.253 e. The van der Waals surface area contributed by atoms with Crippen molar-refractivity contribution in [3.63, 3.8) is 0 Å². The minimum Gasteiger partial charge on any atom is -0.381 e. The van der Waals surface area contributed by atoms with Gasteiger partial charge < -0.3 is 19.9 Å². The van der Waals surface area contributed by atoms with E-state index in [0.29, 0.717) is 17.2 Å². The standard InChI is InChI=1S/C25H33N5O3S/c1-6-30(19-7-9-33-10-8-19)25-17(4)21(22(34-25)18-12-27-29(5)14-18)24(32)26-13-20-15(2)11-16(3)28-23(20)31/h11-12,14,19H,6-10,13H2,1-5H3,(H,26,32)(H,28,31). The second-order valence-corrected chi connectivity index (χ2v) is 9.89. The quantitative estimate of drug-likeness (QED) is 0.535. The van der Waals surface area contributed by atoms with Crippen molar-refractivity contribution in [2.45, 2.75) is 53.1 Å². The highest BCUT2D eigenvalue weighted by Gasteiger charge is 2.29. The second-order valence-electron chi connectivity index (χ2n) is 8.89. The molecule has 0 radical (unpaired) electrons. The summed E-state index contributed by atoms with van der Waals surface area (Å²) in [5.74, 6) is -0.179. The van der Waals surface area contributed by atoms with Crippen LogP contribution in [-0.2, 0) is 18.3 Å². The number of H-pyrrole nitrogens is 1. The SMILES string of the molecule is CCN(c1sc(-c2cnn(C)c2)c(C(=O)NCc2c(C)cc(C)[nH]c2=O)c1C)C1CCOCC1. The Balaban J connectivity index is 1.70. The number of nitrogens with zero attached hydrogens (tertiary/aromatic N) is 3. The maximum absolute atomic E-state index is 13.5. The molecule has 2 N–H and O–H groups in total. The molecule has 1 aliphatic heterocycles. The Morgan fingerprint density at radius 2 is 2.06 bits per heavy atom. The van der Waals surface area contributed by atoms with E-state index in [4.69, 9.17) is 4.74 Å². The summed E-state index contributed by atoms with van der Waals surface area (Å²) in [6.45, 7) is 10.5. The van der Waals surface area contributed by atoms with Crippen molar-refractivity contribution in [2.75, 3.05) is 24.7 Å². The van der Waals surface area contributed by atoms with Crippen LogP contribution in [0.1, 0.15) is 52.5 Å². The third-order valence-electron chi connectivity index (χ3n) is 6.47. The Kier molecular flexibility index (Phi) is 7.23. The van der Waals surface area contributed by atoms with Crippen molar-refractivity contribution in [1.29, 1.82) is 0 Å². The molecule has 0 saturated carbocycles. The van der Waals surface area contributed by atoms with Gasteiger partial charge in [-0.05, 0) is 57.7 Å². The summed E-state index contributed by atoms with van der Waals surface area (Å²) in [7, 11) is 1.87. The van der Waals surface area contributed by atoms with Gasteiger partial charge in [0.2, 0.25) is 0 Å². The number of aromatic nitrogens is 3. The van der Waals surface area contributed by atoms with Gasteiger partial charge in [-0.1, -0.05) is 0 Å². The van der Waals surface area contributed by atoms with Gasteiger partial charge in [0.15, 0.2) is 0 Å². The molecule has 34 heavy (non-hydrogen) atoms. The number of hydrogen-bond donors (Lipinski definition) is 2. The van der Waals surface area contributed by atoms with E-state index in [0.717, 1.165) is 64.9 Å². The Morgan fingerprint density at radius 1 is 1.32 bits per heavy atom. The molecule has 3 aromatic rings. The van der Waals surface area contributed by atoms with E-state index in [9.17, 15) is 9.59 Å². The number of hydrogen-bond acceptors (Lipinski definition) is 6. The van der Waals surface area contributed by atoms with Gasteiger partial charge in [0.05, 0.1) is 21.6 Å². The monoisotopic (exact) mass is 483 g/mol. The topological polar surface area (TPSA) is 92.3 Å². The van der Waals surface area contributed by atoms with E-state index >= 15 is 0 Å². The van der Waals surface area contributed by atoms with Crippen LogP contribution in [0.2, 0.25) is 0 Å². The lowest BCUT2D eigenvalue weighted by Crippen LogP contribution is -2.39. The van der Waals surface area contributed by atoms with E-state index in [1.54, 1.807) is 22.2 Å². The molecule has 182 valence electrons. The molecule has 8 nitrogen and oxygen atoms in total. The zero-order valence-corrected chi connectivity index (χ0v) is 21.3. The van der Waals surface area contributed by atoms with Crippen LogP contribution in [-0.4, -0.2) is 46.5 Å². The molecule has 0 aromatic carbocycles. The first-order valence-electron chi connectivity index (χ1n) is 11.7. The minimum absolute atomic E-state index is 0.162. The van der Waals surface area contributed by atoms with Gasteiger partial charge in [-0.25, -0.2) is 0 Å². The normalized spacial score (nSPS) is 14.4. The van der Waals surface area contributed by atoms with Crippen LogP contribution in [0.3, 0.4) is 0 Å². The highest BCUT2D eigenvalue weighted by molar-refractivity contribution is 7.20. The zero-order valence-electron chi connectivity index (χ0n) is 20.5. The largest absolute Gasteiger partial charge is 0.381 e. The fourth-order valence-corrected chi connectivity index (χ4v) is 6.13. The molecule has 4 heterocycles. The lowest BCUT2D eigenvalue weighted by atomic mass is 10.0. The number of ether oxygens (including phenoxy) is 1. The van der Waals surface area contributed by atoms with Gasteiger partial charge in [-0.2, -0.15) is 5.10 Å². The average Bonchev–Trinajstić information content (AvgIpc) is 3.37. The fourth-order valence-electron chi connectivity index (χ4n) is 4.71. The molecule has 0 unspecified atom stereocenters. The van der Waals surface area contributed by atoms with Gasteiger partial charge in [0.25, 0.3) is 11.5 Å². The van der Waals surface area contributed by atoms with Crippen molar-refractivity contribution in [1.82, 2.24) is 20.1 Å². The van der Waals surface area contributed by atoms with E-state index < -0.39 is 0 Å². The first-order chi connectivity index (χ1) is 16.3. The molecule has 1 amide bonds. The second kappa shape index (κ2) is 10.1. The summed E-state index contributed by atoms with van der Waals surface area (Å²) >= 11 is 1.64. The first-order valence-corrected chi connectivity index (χ1v) is 12.6. The number of anilines is 1. The lowest BCUT2D eigenvalue weighted by molar-refractivity contribution is 0.0847. The summed E-state index contributed by atoms with van der Waals surface area (Å²) in [6.07, 6.45) is 5.69. The predicted octanol–water partition coefficient (Wildman–Crippen LogP) is 3.70. The van der Waals surface area contributed by atoms with E-state index in [1.807, 2.05) is 40.1 Å². The maximum Gasteiger partial charge on any atom is 0.253 e. The predicted molar refractivity (Wildman–Crippen MR) is 136 cm³/mol. The van der Waals surface area contributed by atoms with Gasteiger partial charge in [-0.3, -0.25) is 14.3 Å². The third-order valence-corrected chi connectivity index (χ3v) is 7.85. The molecular formula is C25H33N5O3S. The molecule has 3 aromatic heterocycles. The highest BCUT2D eigenvalue weighted by Crippen LogP contribution is 2.43. The molecule has 4 rings (SSSR count). The third kappa shape index (κ3) is 4.81. The van der Waals surface area contributed by atoms with Gasteiger partial charge in [0, 0.05) is 62.4 Å². The fraction of sp³-hybridized carbons (Fsp3) is 0.480. The van der Waals surface area contributed by atoms with E-state index in [2.05, 4.69) is 27.2 Å². The molecule has 9 heteroatoms. The van der Waals surface area contributed by atoms with Crippen LogP contribution in [0.15, 0.2) is 23.3 Å². The summed E-state index contributed by atoms with van der Waals surface area (Å²) in [5, 5.41) is 8.45. The molecule has 1 fully saturated rings. The number of carbonyl (C=O) groups excluding carboxylic acids is 1. The molecule has 0 spiro atoms. The van der Waals surface area contributed by atoms with Crippen LogP contribution in [0.25, 0.3) is 10.4 Å². The summed E-state index contributed by atoms with van der Waals surface area (Å²) in [6, 6.07) is 2.31. The molecule has 0 bridgehead atoms. The highest BCUT2D eigenvalue weighted by atomic mass is 32.1. The van der Waals surface area contributed by atoms with Crippen molar-refractivity contribution in [3.05, 3.63) is 56.8 Å². The van der Waals surface area contributed by atoms with Crippen LogP contribution < -0.4 is 15.8 Å². The average molecular weight is 484 g/mol. The molecule has 1 aliphatic rings. The molecule has 0 atom stereocenters. The van der Waals surface area contributed by atoms with Crippen LogP contribution in [0.5, 0.6) is 0 Å². The van der Waals surface area contributed by atoms with Crippen molar-refractivity contribution < 1.29 is 9.53 Å². The van der Waals surface area contributed by atoms with Crippen molar-refractivity contribution in [2.24, 2.45) is 7.05 Å². The number of rotatable bonds is 7. The zero-order chi connectivity index (χ0) is 24.4. The number of nitrogens with one attached hydrogen (secondary N) is 2. The Hall–Kier alpha value is -2.91. The maximum atomic E-state index is 13.5. The number of aryl methyl sites for hydroxylation is 3. The van der Waals surface area contributed by atoms with Gasteiger partial charge in [0.1, 0.15) is 0 Å². The molecular weight excluding hydrogens is 450 g/mol. The Bertz CT molecular complexity index is 1240. The first kappa shape index (κ1) is 24.2. The number of carbonyl (C=O) groups is 1. The van der Waals surface area contributed by atoms with Gasteiger partial charge >= 0.3 is 0 Å². The number of thiophene rings is 1. The van der Waals surface area contributed by atoms with Crippen LogP contribution >= 0.6 is 11.3 Å². The van der Waals surface area contributed by atoms with Crippen LogP contribution in [0, 0.1) is 20.8 Å². The Morgan fingerprint density at radius 3 is 2.68 bits per heavy atom. The van der Waals surface area contributed by atoms with E-state index in [1.165, 1.54) is 0 Å². The number of pyridine rings is 1. The summed E-state index contributed by atoms with van der Waals surface area (Å²) in [5.41, 5.74) is 4.62. The summed E-state index contributed by atoms with van der Waals surface area (Å²) in [4.78, 5) is 32.1. The summed E-state index contributed by atoms with van der Waals surface area (Å²) < 4.78 is 7.32. The van der Waals surface area contributed by atoms with Crippen LogP contribution in [0.4, 0.5) is 5.00 Å². The van der Waals surface area contributed by atoms with Crippen molar-refractivity contribution >= 4 is 22.2 Å². The van der Waals surface area contributed by atoms with E-state index in [-0.39, 0.29) is 18.0 Å². The lowest BCUT2D eigenvalue weighted by Gasteiger charge is -2.34.